The molecule has 20 rings (SSSR count). The van der Waals surface area contributed by atoms with Crippen molar-refractivity contribution in [3.63, 3.8) is 0 Å². The molecule has 0 saturated carbocycles. The largest absolute Gasteiger partial charge is 0.309 e. The molecule has 0 radical (unpaired) electrons. The van der Waals surface area contributed by atoms with Crippen molar-refractivity contribution in [2.45, 2.75) is 0 Å². The maximum Gasteiger partial charge on any atom is 0.164 e. The third-order valence-corrected chi connectivity index (χ3v) is 21.2. The van der Waals surface area contributed by atoms with E-state index in [0.717, 1.165) is 67.0 Å². The van der Waals surface area contributed by atoms with Crippen molar-refractivity contribution in [2.24, 2.45) is 0 Å². The van der Waals surface area contributed by atoms with Gasteiger partial charge in [-0.2, -0.15) is 0 Å². The number of fused-ring (bicyclic) bond motifs is 12. The number of benzene rings is 14. The molecule has 14 aromatic carbocycles. The summed E-state index contributed by atoms with van der Waals surface area (Å²) in [6.07, 6.45) is 0. The van der Waals surface area contributed by atoms with Gasteiger partial charge in [-0.3, -0.25) is 0 Å². The molecule has 0 amide bonds. The number of para-hydroxylation sites is 2. The summed E-state index contributed by atoms with van der Waals surface area (Å²) in [4.78, 5) is 30.1. The smallest absolute Gasteiger partial charge is 0.164 e. The number of rotatable bonds is 10. The van der Waals surface area contributed by atoms with Gasteiger partial charge in [-0.15, -0.1) is 22.7 Å². The zero-order valence-corrected chi connectivity index (χ0v) is 55.4. The highest BCUT2D eigenvalue weighted by Crippen LogP contribution is 2.46. The minimum atomic E-state index is 0.634. The summed E-state index contributed by atoms with van der Waals surface area (Å²) in [5.41, 5.74) is 17.0. The second-order valence-electron chi connectivity index (χ2n) is 24.9. The highest BCUT2D eigenvalue weighted by molar-refractivity contribution is 7.26. The van der Waals surface area contributed by atoms with Gasteiger partial charge in [0.25, 0.3) is 0 Å². The summed E-state index contributed by atoms with van der Waals surface area (Å²) < 4.78 is 10.1. The van der Waals surface area contributed by atoms with Crippen molar-refractivity contribution in [2.75, 3.05) is 0 Å². The van der Waals surface area contributed by atoms with Crippen molar-refractivity contribution in [1.82, 2.24) is 39.0 Å². The lowest BCUT2D eigenvalue weighted by molar-refractivity contribution is 1.07. The Balaban J connectivity index is 0.000000139. The number of thiophene rings is 2. The summed E-state index contributed by atoms with van der Waals surface area (Å²) in [6, 6.07) is 119. The lowest BCUT2D eigenvalue weighted by atomic mass is 10.00. The molecule has 20 aromatic rings. The first kappa shape index (κ1) is 58.5. The van der Waals surface area contributed by atoms with Crippen molar-refractivity contribution in [3.05, 3.63) is 340 Å². The van der Waals surface area contributed by atoms with Gasteiger partial charge in [0, 0.05) is 106 Å². The Morgan fingerprint density at radius 3 is 0.880 bits per heavy atom. The Bertz CT molecular complexity index is 6380. The molecule has 100 heavy (non-hydrogen) atoms. The Morgan fingerprint density at radius 1 is 0.180 bits per heavy atom. The van der Waals surface area contributed by atoms with Crippen LogP contribution in [0, 0.1) is 0 Å². The maximum atomic E-state index is 5.06. The zero-order valence-electron chi connectivity index (χ0n) is 53.7. The highest BCUT2D eigenvalue weighted by atomic mass is 32.1. The first-order valence-corrected chi connectivity index (χ1v) is 35.0. The second kappa shape index (κ2) is 24.7. The average molecular weight is 1310 g/mol. The van der Waals surface area contributed by atoms with E-state index in [4.69, 9.17) is 29.9 Å². The number of hydrogen-bond acceptors (Lipinski definition) is 8. The van der Waals surface area contributed by atoms with E-state index in [1.54, 1.807) is 0 Å². The summed E-state index contributed by atoms with van der Waals surface area (Å²) in [5.74, 6) is 3.86. The van der Waals surface area contributed by atoms with E-state index >= 15 is 0 Å². The maximum absolute atomic E-state index is 5.06. The molecule has 0 aliphatic rings. The lowest BCUT2D eigenvalue weighted by Gasteiger charge is -2.16. The van der Waals surface area contributed by atoms with Gasteiger partial charge in [0.15, 0.2) is 34.9 Å². The van der Waals surface area contributed by atoms with Crippen LogP contribution < -0.4 is 0 Å². The summed E-state index contributed by atoms with van der Waals surface area (Å²) in [5, 5.41) is 10.2. The van der Waals surface area contributed by atoms with E-state index in [-0.39, 0.29) is 0 Å². The molecule has 0 aliphatic heterocycles. The fraction of sp³-hybridized carbons (Fsp3) is 0. The van der Waals surface area contributed by atoms with Gasteiger partial charge in [-0.25, -0.2) is 29.9 Å². The van der Waals surface area contributed by atoms with Gasteiger partial charge in [0.2, 0.25) is 0 Å². The third-order valence-electron chi connectivity index (χ3n) is 18.9. The van der Waals surface area contributed by atoms with Crippen molar-refractivity contribution < 1.29 is 0 Å². The van der Waals surface area contributed by atoms with Crippen LogP contribution in [0.3, 0.4) is 0 Å². The fourth-order valence-electron chi connectivity index (χ4n) is 14.2. The topological polar surface area (TPSA) is 87.2 Å². The van der Waals surface area contributed by atoms with E-state index < -0.39 is 0 Å². The number of aromatic nitrogens is 8. The minimum absolute atomic E-state index is 0.634. The van der Waals surface area contributed by atoms with Crippen LogP contribution in [0.15, 0.2) is 340 Å². The Labute approximate surface area is 583 Å². The molecule has 0 spiro atoms. The van der Waals surface area contributed by atoms with Crippen LogP contribution in [-0.4, -0.2) is 39.0 Å². The number of hydrogen-bond donors (Lipinski definition) is 0. The zero-order chi connectivity index (χ0) is 66.0. The van der Waals surface area contributed by atoms with Gasteiger partial charge in [-0.1, -0.05) is 255 Å². The molecule has 8 nitrogen and oxygen atoms in total. The molecular formula is C90H56N8S2. The molecule has 10 heteroatoms. The molecule has 468 valence electrons. The van der Waals surface area contributed by atoms with Gasteiger partial charge in [-0.05, 0) is 96.1 Å². The van der Waals surface area contributed by atoms with Crippen molar-refractivity contribution >= 4 is 107 Å². The SMILES string of the molecule is c1ccc(-c2nc(-c3ccccc3)nc(-c3ccc(-n4c5ccccc5c5cc6c(cc54)sc4ccccc46)c(-c4ccccc4)c3)n2)cc1.c1ccc(-c2nc(-c3ccccc3)nc(-c3ccc(-n4c5ccccc5c5cc6sc7ccccc7c6cc54)c(-c4ccccc4)c3)n2)cc1. The first-order chi connectivity index (χ1) is 49.6. The van der Waals surface area contributed by atoms with Crippen LogP contribution in [0.2, 0.25) is 0 Å². The van der Waals surface area contributed by atoms with Crippen LogP contribution in [0.25, 0.3) is 186 Å². The van der Waals surface area contributed by atoms with E-state index in [1.807, 2.05) is 144 Å². The summed E-state index contributed by atoms with van der Waals surface area (Å²) in [6.45, 7) is 0. The third kappa shape index (κ3) is 10.4. The fourth-order valence-corrected chi connectivity index (χ4v) is 16.5. The van der Waals surface area contributed by atoms with Gasteiger partial charge >= 0.3 is 0 Å². The quantitative estimate of drug-likeness (QED) is 0.136. The second-order valence-corrected chi connectivity index (χ2v) is 27.1. The summed E-state index contributed by atoms with van der Waals surface area (Å²) >= 11 is 3.71. The Kier molecular flexibility index (Phi) is 14.4. The average Bonchev–Trinajstić information content (AvgIpc) is 1.57. The van der Waals surface area contributed by atoms with Gasteiger partial charge in [0.1, 0.15) is 0 Å². The molecule has 0 fully saturated rings. The molecule has 6 aromatic heterocycles. The molecule has 6 heterocycles. The van der Waals surface area contributed by atoms with E-state index in [9.17, 15) is 0 Å². The van der Waals surface area contributed by atoms with Crippen molar-refractivity contribution in [3.8, 4) is 102 Å². The predicted molar refractivity (Wildman–Crippen MR) is 418 cm³/mol. The molecule has 0 N–H and O–H groups in total. The monoisotopic (exact) mass is 1310 g/mol. The first-order valence-electron chi connectivity index (χ1n) is 33.4. The summed E-state index contributed by atoms with van der Waals surface area (Å²) in [7, 11) is 0. The molecule has 0 aliphatic carbocycles. The molecule has 0 bridgehead atoms. The Morgan fingerprint density at radius 2 is 0.480 bits per heavy atom. The van der Waals surface area contributed by atoms with Crippen molar-refractivity contribution in [1.29, 1.82) is 0 Å². The van der Waals surface area contributed by atoms with Crippen LogP contribution >= 0.6 is 22.7 Å². The van der Waals surface area contributed by atoms with Crippen LogP contribution in [0.5, 0.6) is 0 Å². The highest BCUT2D eigenvalue weighted by Gasteiger charge is 2.23. The normalized spacial score (nSPS) is 11.6. The predicted octanol–water partition coefficient (Wildman–Crippen LogP) is 24.0. The Hall–Kier alpha value is -12.9. The molecule has 0 saturated heterocycles. The molecular weight excluding hydrogens is 1260 g/mol. The van der Waals surface area contributed by atoms with Crippen LogP contribution in [0.4, 0.5) is 0 Å². The molecule has 0 atom stereocenters. The van der Waals surface area contributed by atoms with E-state index in [2.05, 4.69) is 228 Å². The van der Waals surface area contributed by atoms with Crippen LogP contribution in [-0.2, 0) is 0 Å². The van der Waals surface area contributed by atoms with Gasteiger partial charge < -0.3 is 9.13 Å². The van der Waals surface area contributed by atoms with Crippen LogP contribution in [0.1, 0.15) is 0 Å². The van der Waals surface area contributed by atoms with Gasteiger partial charge in [0.05, 0.1) is 33.4 Å². The molecule has 0 unspecified atom stereocenters. The number of nitrogens with zero attached hydrogens (tertiary/aromatic N) is 8. The minimum Gasteiger partial charge on any atom is -0.309 e. The van der Waals surface area contributed by atoms with E-state index in [1.165, 1.54) is 84.0 Å². The van der Waals surface area contributed by atoms with E-state index in [0.29, 0.717) is 34.9 Å². The lowest BCUT2D eigenvalue weighted by Crippen LogP contribution is -2.02. The standard InChI is InChI=1S/2C45H28N4S/c1-4-14-29(15-5-1)35-26-32(45-47-43(30-16-6-2-7-17-30)46-44(48-45)31-18-8-3-9-19-31)24-25-39(35)49-38-22-12-10-20-33(38)36-28-42-37(27-40(36)49)34-21-11-13-23-41(34)50-42;1-4-14-29(15-5-1)35-26-32(45-47-43(30-16-6-2-7-17-30)46-44(48-45)31-18-8-3-9-19-31)24-25-39(35)49-38-22-12-10-20-33(38)36-27-37-34-21-11-13-23-41(34)50-42(37)28-40(36)49/h2*1-28H.